The lowest BCUT2D eigenvalue weighted by atomic mass is 10.1. The number of amides is 1. The van der Waals surface area contributed by atoms with Gasteiger partial charge in [0.05, 0.1) is 6.61 Å². The molecule has 0 aliphatic carbocycles. The molecule has 0 unspecified atom stereocenters. The van der Waals surface area contributed by atoms with Gasteiger partial charge in [-0.3, -0.25) is 10.1 Å². The van der Waals surface area contributed by atoms with Gasteiger partial charge >= 0.3 is 6.09 Å². The fraction of sp³-hybridized carbons (Fsp3) is 0.273. The average Bonchev–Trinajstić information content (AvgIpc) is 2.69. The molecule has 27 heavy (non-hydrogen) atoms. The van der Waals surface area contributed by atoms with Crippen molar-refractivity contribution in [1.82, 2.24) is 0 Å². The zero-order chi connectivity index (χ0) is 19.6. The van der Waals surface area contributed by atoms with Gasteiger partial charge in [0.15, 0.2) is 5.78 Å². The molecule has 2 aromatic carbocycles. The first kappa shape index (κ1) is 20.2. The monoisotopic (exact) mass is 366 g/mol. The van der Waals surface area contributed by atoms with Gasteiger partial charge in [0.1, 0.15) is 0 Å². The molecular formula is C22H26N2O3. The van der Waals surface area contributed by atoms with Crippen LogP contribution >= 0.6 is 0 Å². The number of allylic oxidation sites excluding steroid dienone is 1. The number of ether oxygens (including phenoxy) is 1. The number of hydrogen-bond donors (Lipinski definition) is 1. The maximum absolute atomic E-state index is 12.3. The van der Waals surface area contributed by atoms with Crippen LogP contribution in [0.5, 0.6) is 0 Å². The highest BCUT2D eigenvalue weighted by atomic mass is 16.5. The molecule has 0 fully saturated rings. The minimum Gasteiger partial charge on any atom is -0.450 e. The number of rotatable bonds is 8. The molecule has 0 aromatic heterocycles. The lowest BCUT2D eigenvalue weighted by molar-refractivity contribution is 0.104. The molecule has 1 amide bonds. The van der Waals surface area contributed by atoms with Crippen LogP contribution in [-0.2, 0) is 4.74 Å². The van der Waals surface area contributed by atoms with Gasteiger partial charge in [0.25, 0.3) is 0 Å². The van der Waals surface area contributed by atoms with Gasteiger partial charge in [-0.15, -0.1) is 0 Å². The van der Waals surface area contributed by atoms with Crippen LogP contribution in [0, 0.1) is 0 Å². The molecule has 2 rings (SSSR count). The molecule has 5 nitrogen and oxygen atoms in total. The molecule has 5 heteroatoms. The summed E-state index contributed by atoms with van der Waals surface area (Å²) in [7, 11) is 0. The number of carbonyl (C=O) groups excluding carboxylic acids is 2. The molecule has 1 N–H and O–H groups in total. The summed E-state index contributed by atoms with van der Waals surface area (Å²) in [6, 6.07) is 14.8. The van der Waals surface area contributed by atoms with Gasteiger partial charge < -0.3 is 9.64 Å². The van der Waals surface area contributed by atoms with Crippen molar-refractivity contribution in [2.45, 2.75) is 20.8 Å². The molecule has 0 spiro atoms. The summed E-state index contributed by atoms with van der Waals surface area (Å²) >= 11 is 0. The summed E-state index contributed by atoms with van der Waals surface area (Å²) in [6.45, 7) is 8.23. The Hall–Kier alpha value is -3.08. The summed E-state index contributed by atoms with van der Waals surface area (Å²) < 4.78 is 4.82. The van der Waals surface area contributed by atoms with Crippen molar-refractivity contribution in [3.05, 3.63) is 65.7 Å². The second kappa shape index (κ2) is 10.2. The summed E-state index contributed by atoms with van der Waals surface area (Å²) in [6.07, 6.45) is 2.85. The second-order valence-corrected chi connectivity index (χ2v) is 5.88. The van der Waals surface area contributed by atoms with E-state index >= 15 is 0 Å². The minimum atomic E-state index is -0.510. The van der Waals surface area contributed by atoms with Crippen molar-refractivity contribution in [2.75, 3.05) is 29.9 Å². The molecule has 2 aromatic rings. The Labute approximate surface area is 160 Å². The normalized spacial score (nSPS) is 10.6. The molecule has 0 radical (unpaired) electrons. The van der Waals surface area contributed by atoms with E-state index in [0.717, 1.165) is 18.7 Å². The van der Waals surface area contributed by atoms with Crippen LogP contribution in [0.15, 0.2) is 54.6 Å². The Balaban J connectivity index is 1.98. The van der Waals surface area contributed by atoms with Gasteiger partial charge in [0.2, 0.25) is 0 Å². The Kier molecular flexibility index (Phi) is 7.62. The first-order chi connectivity index (χ1) is 13.1. The van der Waals surface area contributed by atoms with Crippen LogP contribution in [0.4, 0.5) is 16.2 Å². The van der Waals surface area contributed by atoms with E-state index in [1.54, 1.807) is 43.3 Å². The van der Waals surface area contributed by atoms with Gasteiger partial charge in [-0.1, -0.05) is 18.2 Å². The Morgan fingerprint density at radius 2 is 1.59 bits per heavy atom. The van der Waals surface area contributed by atoms with E-state index in [1.165, 1.54) is 5.69 Å². The SMILES string of the molecule is CCOC(=O)Nc1ccc(C(=O)/C=C\c2ccc(N(CC)CC)cc2)cc1. The van der Waals surface area contributed by atoms with Crippen LogP contribution in [0.25, 0.3) is 6.08 Å². The fourth-order valence-corrected chi connectivity index (χ4v) is 2.66. The number of nitrogens with zero attached hydrogens (tertiary/aromatic N) is 1. The minimum absolute atomic E-state index is 0.0921. The first-order valence-electron chi connectivity index (χ1n) is 9.18. The van der Waals surface area contributed by atoms with Gasteiger partial charge in [-0.2, -0.15) is 0 Å². The smallest absolute Gasteiger partial charge is 0.411 e. The van der Waals surface area contributed by atoms with Gasteiger partial charge in [0, 0.05) is 30.0 Å². The van der Waals surface area contributed by atoms with Crippen molar-refractivity contribution < 1.29 is 14.3 Å². The number of hydrogen-bond acceptors (Lipinski definition) is 4. The van der Waals surface area contributed by atoms with E-state index in [2.05, 4.69) is 36.2 Å². The predicted octanol–water partition coefficient (Wildman–Crippen LogP) is 5.00. The van der Waals surface area contributed by atoms with Crippen molar-refractivity contribution in [3.63, 3.8) is 0 Å². The molecule has 0 saturated carbocycles. The topological polar surface area (TPSA) is 58.6 Å². The highest BCUT2D eigenvalue weighted by Gasteiger charge is 2.05. The average molecular weight is 366 g/mol. The van der Waals surface area contributed by atoms with E-state index in [1.807, 2.05) is 12.1 Å². The molecule has 0 heterocycles. The lowest BCUT2D eigenvalue weighted by Crippen LogP contribution is -2.21. The van der Waals surface area contributed by atoms with E-state index < -0.39 is 6.09 Å². The molecule has 0 atom stereocenters. The molecule has 0 bridgehead atoms. The zero-order valence-corrected chi connectivity index (χ0v) is 16.1. The second-order valence-electron chi connectivity index (χ2n) is 5.88. The third-order valence-electron chi connectivity index (χ3n) is 4.14. The molecule has 0 aliphatic heterocycles. The maximum Gasteiger partial charge on any atom is 0.411 e. The predicted molar refractivity (Wildman–Crippen MR) is 110 cm³/mol. The van der Waals surface area contributed by atoms with Crippen molar-refractivity contribution in [3.8, 4) is 0 Å². The highest BCUT2D eigenvalue weighted by Crippen LogP contribution is 2.16. The molecule has 142 valence electrons. The Morgan fingerprint density at radius 3 is 2.15 bits per heavy atom. The summed E-state index contributed by atoms with van der Waals surface area (Å²) in [5, 5.41) is 2.60. The fourth-order valence-electron chi connectivity index (χ4n) is 2.66. The van der Waals surface area contributed by atoms with Gasteiger partial charge in [-0.05, 0) is 68.8 Å². The number of anilines is 2. The largest absolute Gasteiger partial charge is 0.450 e. The highest BCUT2D eigenvalue weighted by molar-refractivity contribution is 6.07. The summed E-state index contributed by atoms with van der Waals surface area (Å²) in [5.74, 6) is -0.0921. The summed E-state index contributed by atoms with van der Waals surface area (Å²) in [4.78, 5) is 26.0. The first-order valence-corrected chi connectivity index (χ1v) is 9.18. The van der Waals surface area contributed by atoms with Crippen LogP contribution in [0.2, 0.25) is 0 Å². The lowest BCUT2D eigenvalue weighted by Gasteiger charge is -2.20. The maximum atomic E-state index is 12.3. The molecular weight excluding hydrogens is 340 g/mol. The van der Waals surface area contributed by atoms with E-state index in [0.29, 0.717) is 17.9 Å². The van der Waals surface area contributed by atoms with Crippen LogP contribution in [-0.4, -0.2) is 31.6 Å². The summed E-state index contributed by atoms with van der Waals surface area (Å²) in [5.41, 5.74) is 3.29. The van der Waals surface area contributed by atoms with E-state index in [9.17, 15) is 9.59 Å². The van der Waals surface area contributed by atoms with Crippen LogP contribution in [0.1, 0.15) is 36.7 Å². The third-order valence-corrected chi connectivity index (χ3v) is 4.14. The zero-order valence-electron chi connectivity index (χ0n) is 16.1. The van der Waals surface area contributed by atoms with Crippen molar-refractivity contribution >= 4 is 29.3 Å². The molecule has 0 aliphatic rings. The van der Waals surface area contributed by atoms with Crippen molar-refractivity contribution in [1.29, 1.82) is 0 Å². The number of ketones is 1. The Bertz CT molecular complexity index is 776. The molecule has 0 saturated heterocycles. The number of benzene rings is 2. The third kappa shape index (κ3) is 5.99. The number of nitrogens with one attached hydrogen (secondary N) is 1. The van der Waals surface area contributed by atoms with Crippen molar-refractivity contribution in [2.24, 2.45) is 0 Å². The van der Waals surface area contributed by atoms with E-state index in [4.69, 9.17) is 4.74 Å². The number of carbonyl (C=O) groups is 2. The quantitative estimate of drug-likeness (QED) is 0.528. The van der Waals surface area contributed by atoms with E-state index in [-0.39, 0.29) is 5.78 Å². The van der Waals surface area contributed by atoms with Crippen LogP contribution in [0.3, 0.4) is 0 Å². The van der Waals surface area contributed by atoms with Gasteiger partial charge in [-0.25, -0.2) is 4.79 Å². The Morgan fingerprint density at radius 1 is 0.963 bits per heavy atom. The van der Waals surface area contributed by atoms with Crippen LogP contribution < -0.4 is 10.2 Å². The standard InChI is InChI=1S/C22H26N2O3/c1-4-24(5-2)20-14-7-17(8-15-20)9-16-21(25)18-10-12-19(13-11-18)23-22(26)27-6-3/h7-16H,4-6H2,1-3H3,(H,23,26)/b16-9-.